The number of aromatic nitrogens is 2. The molecule has 3 heterocycles. The van der Waals surface area contributed by atoms with Crippen LogP contribution < -0.4 is 4.90 Å². The summed E-state index contributed by atoms with van der Waals surface area (Å²) in [5.41, 5.74) is 0. The Kier molecular flexibility index (Phi) is 5.71. The summed E-state index contributed by atoms with van der Waals surface area (Å²) in [7, 11) is 0. The molecule has 0 aromatic carbocycles. The molecule has 2 saturated heterocycles. The zero-order chi connectivity index (χ0) is 17.1. The van der Waals surface area contributed by atoms with E-state index in [0.29, 0.717) is 24.3 Å². The molecule has 1 aromatic heterocycles. The topological polar surface area (TPSA) is 52.6 Å². The third-order valence-corrected chi connectivity index (χ3v) is 5.81. The summed E-state index contributed by atoms with van der Waals surface area (Å²) in [4.78, 5) is 23.8. The fraction of sp³-hybridized carbons (Fsp3) is 0.824. The number of carbonyl (C=O) groups is 1. The van der Waals surface area contributed by atoms with Crippen molar-refractivity contribution in [1.29, 1.82) is 0 Å². The second-order valence-electron chi connectivity index (χ2n) is 7.35. The normalized spacial score (nSPS) is 26.0. The molecule has 0 saturated carbocycles. The van der Waals surface area contributed by atoms with Crippen molar-refractivity contribution < 1.29 is 4.79 Å². The average Bonchev–Trinajstić information content (AvgIpc) is 3.03. The third kappa shape index (κ3) is 4.25. The van der Waals surface area contributed by atoms with Gasteiger partial charge in [0.15, 0.2) is 0 Å². The maximum atomic E-state index is 12.6. The Morgan fingerprint density at radius 1 is 1.17 bits per heavy atom. The van der Waals surface area contributed by atoms with Crippen molar-refractivity contribution in [3.05, 3.63) is 5.82 Å². The molecule has 2 unspecified atom stereocenters. The molecule has 2 atom stereocenters. The predicted molar refractivity (Wildman–Crippen MR) is 97.5 cm³/mol. The van der Waals surface area contributed by atoms with Crippen LogP contribution in [-0.4, -0.2) is 70.9 Å². The van der Waals surface area contributed by atoms with Gasteiger partial charge in [-0.1, -0.05) is 20.8 Å². The molecule has 0 spiro atoms. The molecule has 2 fully saturated rings. The Labute approximate surface area is 149 Å². The quantitative estimate of drug-likeness (QED) is 0.827. The molecular formula is C17H29N5OS. The highest BCUT2D eigenvalue weighted by Crippen LogP contribution is 2.22. The summed E-state index contributed by atoms with van der Waals surface area (Å²) in [6.45, 7) is 12.7. The fourth-order valence-corrected chi connectivity index (χ4v) is 4.57. The summed E-state index contributed by atoms with van der Waals surface area (Å²) >= 11 is 1.49. The van der Waals surface area contributed by atoms with Gasteiger partial charge in [-0.3, -0.25) is 9.69 Å². The van der Waals surface area contributed by atoms with E-state index in [2.05, 4.69) is 44.8 Å². The number of amides is 1. The van der Waals surface area contributed by atoms with Crippen molar-refractivity contribution in [2.75, 3.05) is 50.7 Å². The second kappa shape index (κ2) is 7.78. The summed E-state index contributed by atoms with van der Waals surface area (Å²) in [6.07, 6.45) is 2.13. The summed E-state index contributed by atoms with van der Waals surface area (Å²) < 4.78 is 4.37. The lowest BCUT2D eigenvalue weighted by atomic mass is 9.92. The molecule has 0 N–H and O–H groups in total. The number of rotatable bonds is 4. The standard InChI is InChI=1S/C17H29N5OS/c1-4-15-18-17(24-19-15)21-7-5-20(6-8-21)12-16(23)22-10-13(2)9-14(3)11-22/h13-14H,4-12H2,1-3H3. The van der Waals surface area contributed by atoms with Gasteiger partial charge in [-0.15, -0.1) is 0 Å². The third-order valence-electron chi connectivity index (χ3n) is 5.00. The number of hydrogen-bond acceptors (Lipinski definition) is 6. The van der Waals surface area contributed by atoms with Crippen molar-refractivity contribution in [3.8, 4) is 0 Å². The molecule has 7 heteroatoms. The zero-order valence-electron chi connectivity index (χ0n) is 15.1. The maximum Gasteiger partial charge on any atom is 0.236 e. The Morgan fingerprint density at radius 3 is 2.42 bits per heavy atom. The minimum atomic E-state index is 0.297. The molecule has 0 radical (unpaired) electrons. The highest BCUT2D eigenvalue weighted by atomic mass is 32.1. The van der Waals surface area contributed by atoms with Gasteiger partial charge in [0, 0.05) is 57.2 Å². The number of aryl methyl sites for hydroxylation is 1. The highest BCUT2D eigenvalue weighted by Gasteiger charge is 2.28. The number of piperazine rings is 1. The Hall–Kier alpha value is -1.21. The lowest BCUT2D eigenvalue weighted by Crippen LogP contribution is -2.52. The van der Waals surface area contributed by atoms with Crippen LogP contribution in [0.5, 0.6) is 0 Å². The van der Waals surface area contributed by atoms with E-state index in [1.165, 1.54) is 18.0 Å². The first-order valence-corrected chi connectivity index (χ1v) is 9.90. The van der Waals surface area contributed by atoms with Crippen molar-refractivity contribution in [2.45, 2.75) is 33.6 Å². The Bertz CT molecular complexity index is 545. The molecule has 134 valence electrons. The first-order valence-electron chi connectivity index (χ1n) is 9.12. The van der Waals surface area contributed by atoms with Gasteiger partial charge in [0.25, 0.3) is 0 Å². The van der Waals surface area contributed by atoms with E-state index < -0.39 is 0 Å². The molecule has 0 aliphatic carbocycles. The van der Waals surface area contributed by atoms with Crippen LogP contribution in [0.25, 0.3) is 0 Å². The van der Waals surface area contributed by atoms with E-state index in [9.17, 15) is 4.79 Å². The zero-order valence-corrected chi connectivity index (χ0v) is 15.9. The lowest BCUT2D eigenvalue weighted by molar-refractivity contribution is -0.135. The minimum Gasteiger partial charge on any atom is -0.344 e. The summed E-state index contributed by atoms with van der Waals surface area (Å²) in [5, 5.41) is 1.02. The number of carbonyl (C=O) groups excluding carboxylic acids is 1. The molecule has 0 bridgehead atoms. The van der Waals surface area contributed by atoms with Gasteiger partial charge >= 0.3 is 0 Å². The van der Waals surface area contributed by atoms with Crippen LogP contribution in [0.3, 0.4) is 0 Å². The minimum absolute atomic E-state index is 0.297. The second-order valence-corrected chi connectivity index (χ2v) is 8.08. The van der Waals surface area contributed by atoms with Crippen LogP contribution in [0.15, 0.2) is 0 Å². The van der Waals surface area contributed by atoms with Crippen LogP contribution in [0, 0.1) is 11.8 Å². The van der Waals surface area contributed by atoms with Gasteiger partial charge in [-0.25, -0.2) is 4.98 Å². The molecule has 1 aromatic rings. The van der Waals surface area contributed by atoms with Crippen LogP contribution in [0.4, 0.5) is 5.13 Å². The van der Waals surface area contributed by atoms with E-state index in [1.54, 1.807) is 0 Å². The monoisotopic (exact) mass is 351 g/mol. The van der Waals surface area contributed by atoms with Crippen LogP contribution >= 0.6 is 11.5 Å². The fourth-order valence-electron chi connectivity index (χ4n) is 3.77. The van der Waals surface area contributed by atoms with E-state index in [0.717, 1.165) is 56.6 Å². The average molecular weight is 352 g/mol. The van der Waals surface area contributed by atoms with E-state index in [-0.39, 0.29) is 0 Å². The first-order chi connectivity index (χ1) is 11.5. The number of piperidine rings is 1. The number of nitrogens with zero attached hydrogens (tertiary/aromatic N) is 5. The lowest BCUT2D eigenvalue weighted by Gasteiger charge is -2.38. The van der Waals surface area contributed by atoms with Gasteiger partial charge in [0.05, 0.1) is 6.54 Å². The predicted octanol–water partition coefficient (Wildman–Crippen LogP) is 1.73. The molecular weight excluding hydrogens is 322 g/mol. The molecule has 3 rings (SSSR count). The molecule has 2 aliphatic rings. The van der Waals surface area contributed by atoms with Crippen molar-refractivity contribution in [1.82, 2.24) is 19.2 Å². The van der Waals surface area contributed by atoms with Crippen molar-refractivity contribution in [2.24, 2.45) is 11.8 Å². The van der Waals surface area contributed by atoms with Crippen LogP contribution in [-0.2, 0) is 11.2 Å². The molecule has 24 heavy (non-hydrogen) atoms. The summed E-state index contributed by atoms with van der Waals surface area (Å²) in [5.74, 6) is 2.48. The van der Waals surface area contributed by atoms with Crippen LogP contribution in [0.1, 0.15) is 33.0 Å². The van der Waals surface area contributed by atoms with Gasteiger partial charge in [0.1, 0.15) is 5.82 Å². The van der Waals surface area contributed by atoms with Crippen molar-refractivity contribution >= 4 is 22.6 Å². The molecule has 2 aliphatic heterocycles. The largest absolute Gasteiger partial charge is 0.344 e. The van der Waals surface area contributed by atoms with Crippen LogP contribution in [0.2, 0.25) is 0 Å². The van der Waals surface area contributed by atoms with Crippen molar-refractivity contribution in [3.63, 3.8) is 0 Å². The molecule has 6 nitrogen and oxygen atoms in total. The number of anilines is 1. The van der Waals surface area contributed by atoms with Gasteiger partial charge < -0.3 is 9.80 Å². The highest BCUT2D eigenvalue weighted by molar-refractivity contribution is 7.09. The maximum absolute atomic E-state index is 12.6. The Balaban J connectivity index is 1.47. The van der Waals surface area contributed by atoms with E-state index >= 15 is 0 Å². The number of likely N-dealkylation sites (tertiary alicyclic amines) is 1. The SMILES string of the molecule is CCc1nsc(N2CCN(CC(=O)N3CC(C)CC(C)C3)CC2)n1. The smallest absolute Gasteiger partial charge is 0.236 e. The van der Waals surface area contributed by atoms with E-state index in [4.69, 9.17) is 0 Å². The van der Waals surface area contributed by atoms with Gasteiger partial charge in [0.2, 0.25) is 11.0 Å². The van der Waals surface area contributed by atoms with Gasteiger partial charge in [-0.05, 0) is 18.3 Å². The Morgan fingerprint density at radius 2 is 1.83 bits per heavy atom. The van der Waals surface area contributed by atoms with E-state index in [1.807, 2.05) is 0 Å². The summed E-state index contributed by atoms with van der Waals surface area (Å²) in [6, 6.07) is 0. The molecule has 1 amide bonds. The first kappa shape index (κ1) is 17.6. The van der Waals surface area contributed by atoms with Gasteiger partial charge in [-0.2, -0.15) is 4.37 Å². The number of hydrogen-bond donors (Lipinski definition) is 0.